The minimum Gasteiger partial charge on any atom is -0.455 e. The molecule has 0 aliphatic carbocycles. The fraction of sp³-hybridized carbons (Fsp3) is 0.200. The number of carbonyl (C=O) groups excluding carboxylic acids is 3. The topological polar surface area (TPSA) is 116 Å². The number of thiophene rings is 1. The third-order valence-electron chi connectivity index (χ3n) is 4.31. The van der Waals surface area contributed by atoms with Crippen LogP contribution >= 0.6 is 11.3 Å². The van der Waals surface area contributed by atoms with Gasteiger partial charge in [0.2, 0.25) is 0 Å². The average Bonchev–Trinajstić information content (AvgIpc) is 3.27. The van der Waals surface area contributed by atoms with Gasteiger partial charge in [0.25, 0.3) is 11.8 Å². The number of esters is 1. The molecule has 0 saturated heterocycles. The summed E-state index contributed by atoms with van der Waals surface area (Å²) in [5.74, 6) is -1.73. The zero-order valence-corrected chi connectivity index (χ0v) is 16.8. The first-order chi connectivity index (χ1) is 13.9. The summed E-state index contributed by atoms with van der Waals surface area (Å²) >= 11 is 1.16. The molecule has 3 rings (SSSR count). The summed E-state index contributed by atoms with van der Waals surface area (Å²) in [6.45, 7) is 3.24. The van der Waals surface area contributed by atoms with Crippen molar-refractivity contribution in [1.29, 1.82) is 0 Å². The molecule has 3 aromatic rings. The van der Waals surface area contributed by atoms with Gasteiger partial charge in [-0.3, -0.25) is 14.4 Å². The second kappa shape index (κ2) is 8.70. The van der Waals surface area contributed by atoms with Crippen LogP contribution in [0.2, 0.25) is 0 Å². The molecule has 0 aliphatic heterocycles. The third-order valence-corrected chi connectivity index (χ3v) is 5.14. The number of rotatable bonds is 7. The maximum Gasteiger partial charge on any atom is 0.310 e. The molecular formula is C20H20N4O4S. The van der Waals surface area contributed by atoms with Crippen LogP contribution in [0.3, 0.4) is 0 Å². The molecule has 29 heavy (non-hydrogen) atoms. The summed E-state index contributed by atoms with van der Waals surface area (Å²) in [6, 6.07) is 11.1. The number of aryl methyl sites for hydroxylation is 1. The van der Waals surface area contributed by atoms with Crippen molar-refractivity contribution in [2.45, 2.75) is 20.3 Å². The fourth-order valence-electron chi connectivity index (χ4n) is 2.86. The summed E-state index contributed by atoms with van der Waals surface area (Å²) in [4.78, 5) is 35.5. The van der Waals surface area contributed by atoms with Crippen molar-refractivity contribution in [3.05, 3.63) is 64.3 Å². The Morgan fingerprint density at radius 2 is 1.90 bits per heavy atom. The predicted molar refractivity (Wildman–Crippen MR) is 109 cm³/mol. The first kappa shape index (κ1) is 20.3. The molecule has 8 nitrogen and oxygen atoms in total. The number of carbonyl (C=O) groups is 3. The molecule has 9 heteroatoms. The van der Waals surface area contributed by atoms with Gasteiger partial charge in [0.05, 0.1) is 23.4 Å². The minimum absolute atomic E-state index is 0.00329. The number of ether oxygens (including phenoxy) is 1. The Kier molecular flexibility index (Phi) is 6.08. The molecule has 2 aromatic heterocycles. The number of nitrogens with zero attached hydrogens (tertiary/aromatic N) is 2. The normalized spacial score (nSPS) is 10.6. The van der Waals surface area contributed by atoms with E-state index in [4.69, 9.17) is 10.5 Å². The lowest BCUT2D eigenvalue weighted by molar-refractivity contribution is -0.146. The number of nitrogens with one attached hydrogen (secondary N) is 1. The van der Waals surface area contributed by atoms with Gasteiger partial charge in [0.15, 0.2) is 6.61 Å². The van der Waals surface area contributed by atoms with Crippen molar-refractivity contribution in [2.24, 2.45) is 5.73 Å². The van der Waals surface area contributed by atoms with E-state index in [2.05, 4.69) is 10.4 Å². The third kappa shape index (κ3) is 4.69. The van der Waals surface area contributed by atoms with Crippen LogP contribution in [-0.4, -0.2) is 34.2 Å². The standard InChI is InChI=1S/C20H20N4O4S/c1-12-16(13(2)24(23-12)14-6-4-3-5-7-14)10-18(26)28-11-17(25)22-20-15(19(21)27)8-9-29-20/h3-9H,10-11H2,1-2H3,(H2,21,27)(H,22,25). The number of hydrogen-bond acceptors (Lipinski definition) is 6. The van der Waals surface area contributed by atoms with Gasteiger partial charge in [-0.15, -0.1) is 11.3 Å². The van der Waals surface area contributed by atoms with E-state index in [-0.39, 0.29) is 12.0 Å². The lowest BCUT2D eigenvalue weighted by Gasteiger charge is -2.07. The Morgan fingerprint density at radius 1 is 1.17 bits per heavy atom. The van der Waals surface area contributed by atoms with Gasteiger partial charge >= 0.3 is 5.97 Å². The molecule has 1 aromatic carbocycles. The fourth-order valence-corrected chi connectivity index (χ4v) is 3.66. The highest BCUT2D eigenvalue weighted by Crippen LogP contribution is 2.22. The quantitative estimate of drug-likeness (QED) is 0.578. The van der Waals surface area contributed by atoms with Gasteiger partial charge in [-0.2, -0.15) is 5.10 Å². The number of para-hydroxylation sites is 1. The van der Waals surface area contributed by atoms with E-state index in [9.17, 15) is 14.4 Å². The Balaban J connectivity index is 1.60. The molecule has 0 spiro atoms. The summed E-state index contributed by atoms with van der Waals surface area (Å²) in [5, 5.41) is 8.98. The molecule has 0 fully saturated rings. The van der Waals surface area contributed by atoms with Crippen molar-refractivity contribution in [3.8, 4) is 5.69 Å². The second-order valence-electron chi connectivity index (χ2n) is 6.31. The molecule has 0 bridgehead atoms. The molecule has 150 valence electrons. The smallest absolute Gasteiger partial charge is 0.310 e. The summed E-state index contributed by atoms with van der Waals surface area (Å²) in [6.07, 6.45) is 0.00329. The number of aromatic nitrogens is 2. The van der Waals surface area contributed by atoms with Gasteiger partial charge < -0.3 is 15.8 Å². The molecule has 0 radical (unpaired) electrons. The second-order valence-corrected chi connectivity index (χ2v) is 7.23. The molecule has 3 N–H and O–H groups in total. The summed E-state index contributed by atoms with van der Waals surface area (Å²) in [5.41, 5.74) is 8.66. The van der Waals surface area contributed by atoms with Crippen LogP contribution in [0.5, 0.6) is 0 Å². The maximum absolute atomic E-state index is 12.2. The lowest BCUT2D eigenvalue weighted by Crippen LogP contribution is -2.23. The van der Waals surface area contributed by atoms with Crippen molar-refractivity contribution in [1.82, 2.24) is 9.78 Å². The number of primary amides is 1. The highest BCUT2D eigenvalue weighted by Gasteiger charge is 2.18. The van der Waals surface area contributed by atoms with Crippen LogP contribution in [0.25, 0.3) is 5.69 Å². The van der Waals surface area contributed by atoms with E-state index >= 15 is 0 Å². The van der Waals surface area contributed by atoms with Crippen LogP contribution in [0.4, 0.5) is 5.00 Å². The molecule has 2 heterocycles. The number of amides is 2. The van der Waals surface area contributed by atoms with Crippen molar-refractivity contribution >= 4 is 34.1 Å². The van der Waals surface area contributed by atoms with Crippen LogP contribution < -0.4 is 11.1 Å². The number of hydrogen-bond donors (Lipinski definition) is 2. The predicted octanol–water partition coefficient (Wildman–Crippen LogP) is 2.37. The van der Waals surface area contributed by atoms with Crippen LogP contribution in [0.1, 0.15) is 27.3 Å². The van der Waals surface area contributed by atoms with Crippen molar-refractivity contribution in [2.75, 3.05) is 11.9 Å². The van der Waals surface area contributed by atoms with E-state index in [0.29, 0.717) is 5.00 Å². The van der Waals surface area contributed by atoms with Gasteiger partial charge in [0, 0.05) is 11.3 Å². The highest BCUT2D eigenvalue weighted by molar-refractivity contribution is 7.14. The SMILES string of the molecule is Cc1nn(-c2ccccc2)c(C)c1CC(=O)OCC(=O)Nc1sccc1C(N)=O. The molecule has 2 amide bonds. The van der Waals surface area contributed by atoms with E-state index in [1.165, 1.54) is 6.07 Å². The minimum atomic E-state index is -0.639. The van der Waals surface area contributed by atoms with Crippen LogP contribution in [-0.2, 0) is 20.7 Å². The lowest BCUT2D eigenvalue weighted by atomic mass is 10.1. The number of benzene rings is 1. The average molecular weight is 412 g/mol. The number of nitrogens with two attached hydrogens (primary N) is 1. The van der Waals surface area contributed by atoms with Crippen LogP contribution in [0.15, 0.2) is 41.8 Å². The van der Waals surface area contributed by atoms with E-state index in [1.807, 2.05) is 44.2 Å². The monoisotopic (exact) mass is 412 g/mol. The molecular weight excluding hydrogens is 392 g/mol. The van der Waals surface area contributed by atoms with Gasteiger partial charge in [0.1, 0.15) is 5.00 Å². The Morgan fingerprint density at radius 3 is 2.59 bits per heavy atom. The molecule has 0 aliphatic rings. The Bertz CT molecular complexity index is 1060. The Hall–Kier alpha value is -3.46. The molecule has 0 atom stereocenters. The summed E-state index contributed by atoms with van der Waals surface area (Å²) < 4.78 is 6.85. The van der Waals surface area contributed by atoms with Gasteiger partial charge in [-0.25, -0.2) is 4.68 Å². The molecule has 0 saturated carbocycles. The summed E-state index contributed by atoms with van der Waals surface area (Å²) in [7, 11) is 0. The van der Waals surface area contributed by atoms with E-state index in [1.54, 1.807) is 10.1 Å². The number of anilines is 1. The zero-order chi connectivity index (χ0) is 21.0. The Labute approximate surface area is 171 Å². The van der Waals surface area contributed by atoms with E-state index in [0.717, 1.165) is 34.0 Å². The van der Waals surface area contributed by atoms with Crippen LogP contribution in [0, 0.1) is 13.8 Å². The maximum atomic E-state index is 12.2. The largest absolute Gasteiger partial charge is 0.455 e. The highest BCUT2D eigenvalue weighted by atomic mass is 32.1. The molecule has 0 unspecified atom stereocenters. The van der Waals surface area contributed by atoms with Gasteiger partial charge in [-0.05, 0) is 37.4 Å². The van der Waals surface area contributed by atoms with Gasteiger partial charge in [-0.1, -0.05) is 18.2 Å². The van der Waals surface area contributed by atoms with Crippen molar-refractivity contribution < 1.29 is 19.1 Å². The zero-order valence-electron chi connectivity index (χ0n) is 16.0. The van der Waals surface area contributed by atoms with Crippen molar-refractivity contribution in [3.63, 3.8) is 0 Å². The first-order valence-electron chi connectivity index (χ1n) is 8.80. The first-order valence-corrected chi connectivity index (χ1v) is 9.68. The van der Waals surface area contributed by atoms with E-state index < -0.39 is 24.4 Å².